The summed E-state index contributed by atoms with van der Waals surface area (Å²) in [6.07, 6.45) is 8.35. The van der Waals surface area contributed by atoms with Gasteiger partial charge in [0.15, 0.2) is 11.6 Å². The minimum atomic E-state index is 0.0901. The molecule has 4 aromatic rings. The Bertz CT molecular complexity index is 1220. The summed E-state index contributed by atoms with van der Waals surface area (Å²) in [7, 11) is 1.78. The quantitative estimate of drug-likeness (QED) is 0.428. The highest BCUT2D eigenvalue weighted by Gasteiger charge is 2.20. The first-order chi connectivity index (χ1) is 16.2. The summed E-state index contributed by atoms with van der Waals surface area (Å²) in [6, 6.07) is 8.24. The fraction of sp³-hybridized carbons (Fsp3) is 0.417. The Hall–Kier alpha value is -3.14. The molecule has 2 N–H and O–H groups in total. The Labute approximate surface area is 192 Å². The second kappa shape index (κ2) is 9.78. The van der Waals surface area contributed by atoms with Gasteiger partial charge in [0.1, 0.15) is 5.69 Å². The Kier molecular flexibility index (Phi) is 6.43. The van der Waals surface area contributed by atoms with Crippen molar-refractivity contribution in [2.24, 2.45) is 5.92 Å². The molecule has 172 valence electrons. The fourth-order valence-electron chi connectivity index (χ4n) is 4.59. The first-order valence-electron chi connectivity index (χ1n) is 11.4. The van der Waals surface area contributed by atoms with Gasteiger partial charge in [-0.1, -0.05) is 6.07 Å². The van der Waals surface area contributed by atoms with Crippen LogP contribution >= 0.6 is 0 Å². The Morgan fingerprint density at radius 2 is 2.18 bits per heavy atom. The molecular formula is C24H29N7O2. The first kappa shape index (κ1) is 21.7. The van der Waals surface area contributed by atoms with Crippen LogP contribution in [0.3, 0.4) is 0 Å². The SMILES string of the molecule is COCC1CCCN(Cc2ccc3[nH]nc(-c4nccc(-n5cc(CCO)cn5)n4)c3c2)C1. The number of piperidine rings is 1. The molecule has 1 aromatic carbocycles. The minimum absolute atomic E-state index is 0.0901. The van der Waals surface area contributed by atoms with E-state index in [1.807, 2.05) is 12.3 Å². The van der Waals surface area contributed by atoms with Crippen LogP contribution < -0.4 is 0 Å². The van der Waals surface area contributed by atoms with E-state index in [0.717, 1.165) is 48.4 Å². The molecule has 0 aliphatic carbocycles. The van der Waals surface area contributed by atoms with Gasteiger partial charge in [0.25, 0.3) is 0 Å². The summed E-state index contributed by atoms with van der Waals surface area (Å²) in [6.45, 7) is 4.00. The zero-order valence-electron chi connectivity index (χ0n) is 18.8. The van der Waals surface area contributed by atoms with Crippen molar-refractivity contribution in [2.75, 3.05) is 33.4 Å². The zero-order chi connectivity index (χ0) is 22.6. The molecule has 0 bridgehead atoms. The highest BCUT2D eigenvalue weighted by atomic mass is 16.5. The topological polar surface area (TPSA) is 105 Å². The van der Waals surface area contributed by atoms with E-state index in [1.54, 1.807) is 24.2 Å². The number of likely N-dealkylation sites (tertiary alicyclic amines) is 1. The molecule has 4 heterocycles. The number of methoxy groups -OCH3 is 1. The number of nitrogens with zero attached hydrogens (tertiary/aromatic N) is 6. The molecule has 0 saturated carbocycles. The number of H-pyrrole nitrogens is 1. The van der Waals surface area contributed by atoms with E-state index in [9.17, 15) is 0 Å². The lowest BCUT2D eigenvalue weighted by atomic mass is 9.98. The van der Waals surface area contributed by atoms with Crippen LogP contribution in [0, 0.1) is 5.92 Å². The summed E-state index contributed by atoms with van der Waals surface area (Å²) in [4.78, 5) is 11.7. The van der Waals surface area contributed by atoms with Crippen molar-refractivity contribution in [2.45, 2.75) is 25.8 Å². The lowest BCUT2D eigenvalue weighted by Crippen LogP contribution is -2.36. The van der Waals surface area contributed by atoms with Crippen LogP contribution in [0.2, 0.25) is 0 Å². The number of aromatic nitrogens is 6. The second-order valence-corrected chi connectivity index (χ2v) is 8.66. The van der Waals surface area contributed by atoms with E-state index in [2.05, 4.69) is 43.4 Å². The molecular weight excluding hydrogens is 418 g/mol. The van der Waals surface area contributed by atoms with Gasteiger partial charge in [-0.2, -0.15) is 10.2 Å². The molecule has 0 amide bonds. The van der Waals surface area contributed by atoms with Gasteiger partial charge in [-0.25, -0.2) is 14.6 Å². The maximum absolute atomic E-state index is 9.15. The predicted octanol–water partition coefficient (Wildman–Crippen LogP) is 2.60. The van der Waals surface area contributed by atoms with Crippen molar-refractivity contribution in [3.8, 4) is 17.3 Å². The van der Waals surface area contributed by atoms with Crippen LogP contribution in [0.15, 0.2) is 42.9 Å². The summed E-state index contributed by atoms with van der Waals surface area (Å²) in [5.74, 6) is 1.82. The third kappa shape index (κ3) is 4.80. The highest BCUT2D eigenvalue weighted by molar-refractivity contribution is 5.91. The van der Waals surface area contributed by atoms with Crippen LogP contribution in [-0.2, 0) is 17.7 Å². The molecule has 9 heteroatoms. The number of nitrogens with one attached hydrogen (secondary N) is 1. The zero-order valence-corrected chi connectivity index (χ0v) is 18.8. The molecule has 1 aliphatic heterocycles. The molecule has 1 atom stereocenters. The van der Waals surface area contributed by atoms with Crippen LogP contribution in [0.25, 0.3) is 28.2 Å². The van der Waals surface area contributed by atoms with Crippen molar-refractivity contribution in [1.82, 2.24) is 34.8 Å². The molecule has 3 aromatic heterocycles. The minimum Gasteiger partial charge on any atom is -0.396 e. The van der Waals surface area contributed by atoms with E-state index in [4.69, 9.17) is 14.8 Å². The van der Waals surface area contributed by atoms with Crippen molar-refractivity contribution >= 4 is 10.9 Å². The van der Waals surface area contributed by atoms with Crippen molar-refractivity contribution in [3.05, 3.63) is 54.0 Å². The summed E-state index contributed by atoms with van der Waals surface area (Å²) in [5.41, 5.74) is 3.90. The maximum Gasteiger partial charge on any atom is 0.182 e. The lowest BCUT2D eigenvalue weighted by molar-refractivity contribution is 0.0874. The summed E-state index contributed by atoms with van der Waals surface area (Å²) >= 11 is 0. The predicted molar refractivity (Wildman–Crippen MR) is 125 cm³/mol. The lowest BCUT2D eigenvalue weighted by Gasteiger charge is -2.32. The third-order valence-corrected chi connectivity index (χ3v) is 6.16. The molecule has 5 rings (SSSR count). The van der Waals surface area contributed by atoms with Gasteiger partial charge in [-0.3, -0.25) is 10.00 Å². The smallest absolute Gasteiger partial charge is 0.182 e. The fourth-order valence-corrected chi connectivity index (χ4v) is 4.59. The average molecular weight is 448 g/mol. The van der Waals surface area contributed by atoms with E-state index in [1.165, 1.54) is 18.4 Å². The van der Waals surface area contributed by atoms with Crippen LogP contribution in [0.5, 0.6) is 0 Å². The van der Waals surface area contributed by atoms with E-state index >= 15 is 0 Å². The maximum atomic E-state index is 9.15. The number of aromatic amines is 1. The van der Waals surface area contributed by atoms with Gasteiger partial charge in [0, 0.05) is 50.7 Å². The molecule has 0 spiro atoms. The van der Waals surface area contributed by atoms with Gasteiger partial charge in [-0.05, 0) is 55.0 Å². The Morgan fingerprint density at radius 1 is 1.24 bits per heavy atom. The van der Waals surface area contributed by atoms with Crippen molar-refractivity contribution in [3.63, 3.8) is 0 Å². The number of hydrogen-bond donors (Lipinski definition) is 2. The third-order valence-electron chi connectivity index (χ3n) is 6.16. The number of hydrogen-bond acceptors (Lipinski definition) is 7. The molecule has 1 fully saturated rings. The normalized spacial score (nSPS) is 17.1. The summed E-state index contributed by atoms with van der Waals surface area (Å²) < 4.78 is 7.07. The highest BCUT2D eigenvalue weighted by Crippen LogP contribution is 2.26. The van der Waals surface area contributed by atoms with Crippen molar-refractivity contribution in [1.29, 1.82) is 0 Å². The number of ether oxygens (including phenoxy) is 1. The number of rotatable bonds is 8. The Morgan fingerprint density at radius 3 is 3.06 bits per heavy atom. The van der Waals surface area contributed by atoms with Crippen molar-refractivity contribution < 1.29 is 9.84 Å². The number of aliphatic hydroxyl groups is 1. The van der Waals surface area contributed by atoms with E-state index in [-0.39, 0.29) is 6.61 Å². The Balaban J connectivity index is 1.40. The van der Waals surface area contributed by atoms with Gasteiger partial charge >= 0.3 is 0 Å². The number of fused-ring (bicyclic) bond motifs is 1. The van der Waals surface area contributed by atoms with E-state index in [0.29, 0.717) is 24.0 Å². The van der Waals surface area contributed by atoms with Gasteiger partial charge in [0.05, 0.1) is 18.3 Å². The average Bonchev–Trinajstić information content (AvgIpc) is 3.47. The summed E-state index contributed by atoms with van der Waals surface area (Å²) in [5, 5.41) is 22.1. The molecule has 0 radical (unpaired) electrons. The molecule has 33 heavy (non-hydrogen) atoms. The van der Waals surface area contributed by atoms with Gasteiger partial charge < -0.3 is 9.84 Å². The second-order valence-electron chi connectivity index (χ2n) is 8.66. The largest absolute Gasteiger partial charge is 0.396 e. The standard InChI is InChI=1S/C24H29N7O2/c1-33-16-19-3-2-9-30(14-19)13-17-4-5-21-20(11-17)23(29-28-21)24-25-8-6-22(27-24)31-15-18(7-10-32)12-26-31/h4-6,8,11-12,15,19,32H,2-3,7,9-10,13-14,16H2,1H3,(H,28,29). The molecule has 9 nitrogen and oxygen atoms in total. The van der Waals surface area contributed by atoms with Gasteiger partial charge in [0.2, 0.25) is 0 Å². The number of benzene rings is 1. The molecule has 1 aliphatic rings. The van der Waals surface area contributed by atoms with Gasteiger partial charge in [-0.15, -0.1) is 0 Å². The first-order valence-corrected chi connectivity index (χ1v) is 11.4. The van der Waals surface area contributed by atoms with E-state index < -0.39 is 0 Å². The molecule has 1 saturated heterocycles. The van der Waals surface area contributed by atoms with Crippen LogP contribution in [-0.4, -0.2) is 73.4 Å². The monoisotopic (exact) mass is 447 g/mol. The van der Waals surface area contributed by atoms with Crippen LogP contribution in [0.4, 0.5) is 0 Å². The van der Waals surface area contributed by atoms with Crippen LogP contribution in [0.1, 0.15) is 24.0 Å². The molecule has 1 unspecified atom stereocenters. The number of aliphatic hydroxyl groups excluding tert-OH is 1.